The van der Waals surface area contributed by atoms with Gasteiger partial charge in [-0.2, -0.15) is 0 Å². The van der Waals surface area contributed by atoms with Crippen molar-refractivity contribution in [1.29, 1.82) is 0 Å². The first-order valence-electron chi connectivity index (χ1n) is 5.30. The zero-order chi connectivity index (χ0) is 12.1. The molecule has 17 heavy (non-hydrogen) atoms. The second-order valence-corrected chi connectivity index (χ2v) is 4.43. The minimum atomic E-state index is -0.355. The zero-order valence-corrected chi connectivity index (χ0v) is 10.0. The van der Waals surface area contributed by atoms with Gasteiger partial charge in [-0.25, -0.2) is 9.37 Å². The molecule has 1 aromatic carbocycles. The van der Waals surface area contributed by atoms with Crippen LogP contribution in [0.4, 0.5) is 4.39 Å². The second kappa shape index (κ2) is 5.75. The van der Waals surface area contributed by atoms with Crippen LogP contribution in [-0.2, 0) is 13.0 Å². The molecule has 90 valence electrons. The lowest BCUT2D eigenvalue weighted by molar-refractivity contribution is 0.289. The van der Waals surface area contributed by atoms with E-state index in [1.807, 2.05) is 5.38 Å². The van der Waals surface area contributed by atoms with Gasteiger partial charge in [-0.1, -0.05) is 12.1 Å². The Morgan fingerprint density at radius 2 is 2.18 bits per heavy atom. The van der Waals surface area contributed by atoms with Crippen LogP contribution in [0.25, 0.3) is 0 Å². The number of thiazole rings is 1. The van der Waals surface area contributed by atoms with E-state index in [0.717, 1.165) is 17.1 Å². The fourth-order valence-corrected chi connectivity index (χ4v) is 2.12. The van der Waals surface area contributed by atoms with Crippen LogP contribution in [0, 0.1) is 5.82 Å². The molecule has 0 radical (unpaired) electrons. The number of rotatable bonds is 5. The fourth-order valence-electron chi connectivity index (χ4n) is 1.38. The minimum Gasteiger partial charge on any atom is -0.483 e. The van der Waals surface area contributed by atoms with E-state index in [1.54, 1.807) is 18.2 Å². The van der Waals surface area contributed by atoms with Gasteiger partial charge in [0.15, 0.2) is 11.6 Å². The van der Waals surface area contributed by atoms with Crippen molar-refractivity contribution >= 4 is 11.3 Å². The molecule has 0 aliphatic heterocycles. The molecule has 3 nitrogen and oxygen atoms in total. The number of hydrogen-bond acceptors (Lipinski definition) is 4. The summed E-state index contributed by atoms with van der Waals surface area (Å²) in [6.07, 6.45) is 0.760. The second-order valence-electron chi connectivity index (χ2n) is 3.49. The summed E-state index contributed by atoms with van der Waals surface area (Å²) in [5.74, 6) is -0.102. The molecule has 0 saturated heterocycles. The monoisotopic (exact) mass is 252 g/mol. The summed E-state index contributed by atoms with van der Waals surface area (Å²) in [6, 6.07) is 6.34. The van der Waals surface area contributed by atoms with Crippen LogP contribution < -0.4 is 10.5 Å². The highest BCUT2D eigenvalue weighted by Crippen LogP contribution is 2.18. The van der Waals surface area contributed by atoms with Gasteiger partial charge in [-0.05, 0) is 18.7 Å². The van der Waals surface area contributed by atoms with Gasteiger partial charge in [-0.15, -0.1) is 11.3 Å². The van der Waals surface area contributed by atoms with E-state index in [1.165, 1.54) is 17.4 Å². The third kappa shape index (κ3) is 3.25. The van der Waals surface area contributed by atoms with Crippen molar-refractivity contribution in [3.63, 3.8) is 0 Å². The van der Waals surface area contributed by atoms with Crippen LogP contribution in [0.3, 0.4) is 0 Å². The number of aromatic nitrogens is 1. The molecule has 0 fully saturated rings. The van der Waals surface area contributed by atoms with Crippen molar-refractivity contribution in [2.45, 2.75) is 13.0 Å². The highest BCUT2D eigenvalue weighted by atomic mass is 32.1. The number of nitrogens with two attached hydrogens (primary N) is 1. The van der Waals surface area contributed by atoms with Crippen LogP contribution in [0.15, 0.2) is 29.6 Å². The molecule has 0 aliphatic rings. The molecule has 0 spiro atoms. The number of ether oxygens (including phenoxy) is 1. The van der Waals surface area contributed by atoms with Crippen molar-refractivity contribution in [2.75, 3.05) is 6.54 Å². The SMILES string of the molecule is NCCc1csc(COc2ccccc2F)n1. The summed E-state index contributed by atoms with van der Waals surface area (Å²) in [5.41, 5.74) is 6.40. The van der Waals surface area contributed by atoms with Gasteiger partial charge in [0.1, 0.15) is 11.6 Å². The van der Waals surface area contributed by atoms with Gasteiger partial charge >= 0.3 is 0 Å². The van der Waals surface area contributed by atoms with Crippen molar-refractivity contribution in [3.05, 3.63) is 46.2 Å². The minimum absolute atomic E-state index is 0.253. The standard InChI is InChI=1S/C12H13FN2OS/c13-10-3-1-2-4-11(10)16-7-12-15-9(5-6-14)8-17-12/h1-4,8H,5-7,14H2. The largest absolute Gasteiger partial charge is 0.483 e. The Hall–Kier alpha value is -1.46. The molecule has 0 bridgehead atoms. The van der Waals surface area contributed by atoms with Crippen molar-refractivity contribution < 1.29 is 9.13 Å². The predicted octanol–water partition coefficient (Wildman–Crippen LogP) is 2.36. The van der Waals surface area contributed by atoms with Gasteiger partial charge in [0, 0.05) is 11.8 Å². The maximum atomic E-state index is 13.3. The molecule has 0 aliphatic carbocycles. The summed E-state index contributed by atoms with van der Waals surface area (Å²) in [6.45, 7) is 0.869. The molecule has 2 N–H and O–H groups in total. The fraction of sp³-hybridized carbons (Fsp3) is 0.250. The van der Waals surface area contributed by atoms with Gasteiger partial charge in [0.05, 0.1) is 5.69 Å². The molecule has 0 amide bonds. The Morgan fingerprint density at radius 1 is 1.35 bits per heavy atom. The maximum Gasteiger partial charge on any atom is 0.165 e. The predicted molar refractivity (Wildman–Crippen MR) is 65.6 cm³/mol. The van der Waals surface area contributed by atoms with E-state index in [4.69, 9.17) is 10.5 Å². The van der Waals surface area contributed by atoms with Crippen LogP contribution in [0.1, 0.15) is 10.7 Å². The van der Waals surface area contributed by atoms with Gasteiger partial charge in [0.2, 0.25) is 0 Å². The number of nitrogens with zero attached hydrogens (tertiary/aromatic N) is 1. The topological polar surface area (TPSA) is 48.1 Å². The van der Waals surface area contributed by atoms with E-state index in [0.29, 0.717) is 6.54 Å². The Bertz CT molecular complexity index is 487. The first-order chi connectivity index (χ1) is 8.29. The van der Waals surface area contributed by atoms with Crippen LogP contribution >= 0.6 is 11.3 Å². The normalized spacial score (nSPS) is 10.5. The lowest BCUT2D eigenvalue weighted by Crippen LogP contribution is -2.03. The van der Waals surface area contributed by atoms with Gasteiger partial charge in [0.25, 0.3) is 0 Å². The molecule has 2 aromatic rings. The molecule has 0 unspecified atom stereocenters. The maximum absolute atomic E-state index is 13.3. The average Bonchev–Trinajstić information content (AvgIpc) is 2.76. The summed E-state index contributed by atoms with van der Waals surface area (Å²) < 4.78 is 18.6. The lowest BCUT2D eigenvalue weighted by atomic mass is 10.3. The smallest absolute Gasteiger partial charge is 0.165 e. The van der Waals surface area contributed by atoms with Gasteiger partial charge in [-0.3, -0.25) is 0 Å². The summed E-state index contributed by atoms with van der Waals surface area (Å²) in [4.78, 5) is 4.34. The first kappa shape index (κ1) is 12.0. The van der Waals surface area contributed by atoms with E-state index in [9.17, 15) is 4.39 Å². The lowest BCUT2D eigenvalue weighted by Gasteiger charge is -2.04. The highest BCUT2D eigenvalue weighted by molar-refractivity contribution is 7.09. The van der Waals surface area contributed by atoms with Crippen LogP contribution in [0.5, 0.6) is 5.75 Å². The molecular formula is C12H13FN2OS. The van der Waals surface area contributed by atoms with Crippen molar-refractivity contribution in [2.24, 2.45) is 5.73 Å². The first-order valence-corrected chi connectivity index (χ1v) is 6.18. The van der Waals surface area contributed by atoms with E-state index in [-0.39, 0.29) is 18.2 Å². The molecule has 5 heteroatoms. The van der Waals surface area contributed by atoms with Crippen LogP contribution in [-0.4, -0.2) is 11.5 Å². The van der Waals surface area contributed by atoms with Crippen LogP contribution in [0.2, 0.25) is 0 Å². The number of hydrogen-bond donors (Lipinski definition) is 1. The molecule has 0 atom stereocenters. The van der Waals surface area contributed by atoms with Crippen molar-refractivity contribution in [3.8, 4) is 5.75 Å². The molecule has 1 heterocycles. The quantitative estimate of drug-likeness (QED) is 0.888. The molecule has 0 saturated carbocycles. The number of benzene rings is 1. The van der Waals surface area contributed by atoms with E-state index < -0.39 is 0 Å². The number of para-hydroxylation sites is 1. The number of halogens is 1. The Balaban J connectivity index is 1.95. The highest BCUT2D eigenvalue weighted by Gasteiger charge is 2.05. The summed E-state index contributed by atoms with van der Waals surface area (Å²) in [7, 11) is 0. The molecule has 2 rings (SSSR count). The molecule has 1 aromatic heterocycles. The summed E-state index contributed by atoms with van der Waals surface area (Å²) >= 11 is 1.50. The third-order valence-electron chi connectivity index (χ3n) is 2.19. The Labute approximate surface area is 103 Å². The average molecular weight is 252 g/mol. The summed E-state index contributed by atoms with van der Waals surface area (Å²) in [5, 5.41) is 2.78. The van der Waals surface area contributed by atoms with Crippen molar-refractivity contribution in [1.82, 2.24) is 4.98 Å². The Kier molecular flexibility index (Phi) is 4.06. The van der Waals surface area contributed by atoms with E-state index >= 15 is 0 Å². The Morgan fingerprint density at radius 3 is 2.94 bits per heavy atom. The third-order valence-corrected chi connectivity index (χ3v) is 3.06. The molecular weight excluding hydrogens is 239 g/mol. The zero-order valence-electron chi connectivity index (χ0n) is 9.23. The van der Waals surface area contributed by atoms with Gasteiger partial charge < -0.3 is 10.5 Å². The van der Waals surface area contributed by atoms with E-state index in [2.05, 4.69) is 4.98 Å².